The van der Waals surface area contributed by atoms with E-state index in [-0.39, 0.29) is 35.4 Å². The van der Waals surface area contributed by atoms with Crippen LogP contribution in [0, 0.1) is 10.8 Å². The first kappa shape index (κ1) is 24.8. The third-order valence-corrected chi connectivity index (χ3v) is 4.67. The molecule has 2 aromatic rings. The van der Waals surface area contributed by atoms with E-state index < -0.39 is 22.8 Å². The number of benzene rings is 2. The lowest BCUT2D eigenvalue weighted by Crippen LogP contribution is -2.31. The number of aromatic hydroxyl groups is 2. The predicted molar refractivity (Wildman–Crippen MR) is 117 cm³/mol. The molecule has 0 saturated carbocycles. The zero-order valence-corrected chi connectivity index (χ0v) is 19.2. The van der Waals surface area contributed by atoms with E-state index in [1.807, 2.05) is 0 Å². The van der Waals surface area contributed by atoms with Gasteiger partial charge in [0.25, 0.3) is 0 Å². The number of esters is 2. The maximum absolute atomic E-state index is 12.6. The minimum atomic E-state index is -0.933. The summed E-state index contributed by atoms with van der Waals surface area (Å²) >= 11 is 0. The van der Waals surface area contributed by atoms with Gasteiger partial charge in [0, 0.05) is 6.07 Å². The molecule has 8 heteroatoms. The first-order valence-electron chi connectivity index (χ1n) is 10.1. The molecule has 174 valence electrons. The summed E-state index contributed by atoms with van der Waals surface area (Å²) in [5, 5.41) is 20.1. The second kappa shape index (κ2) is 9.80. The first-order chi connectivity index (χ1) is 14.8. The maximum Gasteiger partial charge on any atom is 0.317 e. The quantitative estimate of drug-likeness (QED) is 0.452. The van der Waals surface area contributed by atoms with E-state index in [9.17, 15) is 19.8 Å². The normalized spacial score (nSPS) is 11.6. The predicted octanol–water partition coefficient (Wildman–Crippen LogP) is 4.46. The van der Waals surface area contributed by atoms with Gasteiger partial charge in [0.15, 0.2) is 23.0 Å². The van der Waals surface area contributed by atoms with Crippen molar-refractivity contribution in [2.24, 2.45) is 10.8 Å². The van der Waals surface area contributed by atoms with Crippen LogP contribution in [0.2, 0.25) is 0 Å². The average molecular weight is 446 g/mol. The fourth-order valence-electron chi connectivity index (χ4n) is 2.45. The van der Waals surface area contributed by atoms with Crippen molar-refractivity contribution in [1.82, 2.24) is 0 Å². The van der Waals surface area contributed by atoms with Crippen molar-refractivity contribution in [2.75, 3.05) is 13.7 Å². The van der Waals surface area contributed by atoms with Crippen molar-refractivity contribution < 1.29 is 38.7 Å². The van der Waals surface area contributed by atoms with Gasteiger partial charge >= 0.3 is 11.9 Å². The number of carbonyl (C=O) groups excluding carboxylic acids is 2. The molecule has 0 radical (unpaired) electrons. The number of methoxy groups -OCH3 is 1. The maximum atomic E-state index is 12.6. The van der Waals surface area contributed by atoms with Crippen LogP contribution in [0.15, 0.2) is 36.4 Å². The largest absolute Gasteiger partial charge is 0.504 e. The van der Waals surface area contributed by atoms with Crippen molar-refractivity contribution in [3.05, 3.63) is 36.4 Å². The number of hydrogen-bond donors (Lipinski definition) is 2. The van der Waals surface area contributed by atoms with Crippen LogP contribution in [0.1, 0.15) is 41.0 Å². The van der Waals surface area contributed by atoms with Gasteiger partial charge in [-0.25, -0.2) is 0 Å². The third kappa shape index (κ3) is 6.29. The van der Waals surface area contributed by atoms with Crippen molar-refractivity contribution in [3.8, 4) is 34.5 Å². The molecule has 0 aliphatic carbocycles. The standard InChI is InChI=1S/C24H30O8/c1-23(2,3)21(27)31-18-11-10-15(14-17(18)26)30-13-12-24(4,5)22(28)32-20-16(25)8-7-9-19(20)29-6/h7-11,14,25-26H,12-13H2,1-6H3. The molecule has 0 aromatic heterocycles. The Morgan fingerprint density at radius 2 is 1.56 bits per heavy atom. The molecule has 2 rings (SSSR count). The zero-order valence-electron chi connectivity index (χ0n) is 19.2. The number of ether oxygens (including phenoxy) is 4. The third-order valence-electron chi connectivity index (χ3n) is 4.67. The van der Waals surface area contributed by atoms with Crippen LogP contribution in [0.25, 0.3) is 0 Å². The molecule has 0 atom stereocenters. The Kier molecular flexibility index (Phi) is 7.61. The Balaban J connectivity index is 1.97. The van der Waals surface area contributed by atoms with E-state index in [0.717, 1.165) is 0 Å². The van der Waals surface area contributed by atoms with E-state index in [0.29, 0.717) is 12.2 Å². The minimum absolute atomic E-state index is 0.0396. The van der Waals surface area contributed by atoms with Crippen molar-refractivity contribution >= 4 is 11.9 Å². The van der Waals surface area contributed by atoms with Gasteiger partial charge in [-0.2, -0.15) is 0 Å². The number of phenolic OH excluding ortho intramolecular Hbond substituents is 2. The minimum Gasteiger partial charge on any atom is -0.504 e. The van der Waals surface area contributed by atoms with Crippen LogP contribution in [0.4, 0.5) is 0 Å². The van der Waals surface area contributed by atoms with E-state index >= 15 is 0 Å². The van der Waals surface area contributed by atoms with Crippen molar-refractivity contribution in [2.45, 2.75) is 41.0 Å². The number of phenols is 2. The summed E-state index contributed by atoms with van der Waals surface area (Å²) in [6.07, 6.45) is 0.295. The molecule has 0 aliphatic heterocycles. The molecule has 0 aliphatic rings. The van der Waals surface area contributed by atoms with Gasteiger partial charge in [0.2, 0.25) is 5.75 Å². The molecule has 0 bridgehead atoms. The highest BCUT2D eigenvalue weighted by atomic mass is 16.6. The number of carbonyl (C=O) groups is 2. The topological polar surface area (TPSA) is 112 Å². The summed E-state index contributed by atoms with van der Waals surface area (Å²) in [7, 11) is 1.41. The van der Waals surface area contributed by atoms with E-state index in [4.69, 9.17) is 18.9 Å². The molecule has 0 heterocycles. The van der Waals surface area contributed by atoms with E-state index in [1.54, 1.807) is 52.8 Å². The lowest BCUT2D eigenvalue weighted by Gasteiger charge is -2.23. The summed E-state index contributed by atoms with van der Waals surface area (Å²) in [5.41, 5.74) is -1.64. The molecular formula is C24H30O8. The fourth-order valence-corrected chi connectivity index (χ4v) is 2.45. The molecule has 32 heavy (non-hydrogen) atoms. The molecule has 0 fully saturated rings. The van der Waals surface area contributed by atoms with E-state index in [1.165, 1.54) is 25.3 Å². The molecule has 2 aromatic carbocycles. The summed E-state index contributed by atoms with van der Waals surface area (Å²) in [6.45, 7) is 8.68. The van der Waals surface area contributed by atoms with Gasteiger partial charge in [-0.15, -0.1) is 0 Å². The summed E-state index contributed by atoms with van der Waals surface area (Å²) in [4.78, 5) is 24.6. The summed E-state index contributed by atoms with van der Waals surface area (Å²) < 4.78 is 21.3. The Morgan fingerprint density at radius 1 is 0.875 bits per heavy atom. The van der Waals surface area contributed by atoms with Crippen LogP contribution in [-0.2, 0) is 9.59 Å². The number of hydrogen-bond acceptors (Lipinski definition) is 8. The lowest BCUT2D eigenvalue weighted by molar-refractivity contribution is -0.145. The average Bonchev–Trinajstić information content (AvgIpc) is 2.70. The van der Waals surface area contributed by atoms with Gasteiger partial charge in [-0.3, -0.25) is 9.59 Å². The SMILES string of the molecule is COc1cccc(O)c1OC(=O)C(C)(C)CCOc1ccc(OC(=O)C(C)(C)C)c(O)c1. The van der Waals surface area contributed by atoms with Crippen LogP contribution < -0.4 is 18.9 Å². The molecular weight excluding hydrogens is 416 g/mol. The second-order valence-corrected chi connectivity index (χ2v) is 8.95. The van der Waals surface area contributed by atoms with Gasteiger partial charge in [0.05, 0.1) is 24.5 Å². The highest BCUT2D eigenvalue weighted by molar-refractivity contribution is 5.80. The summed E-state index contributed by atoms with van der Waals surface area (Å²) in [5.74, 6) is -0.872. The molecule has 0 spiro atoms. The van der Waals surface area contributed by atoms with Crippen LogP contribution >= 0.6 is 0 Å². The number of para-hydroxylation sites is 1. The molecule has 0 saturated heterocycles. The Morgan fingerprint density at radius 3 is 2.16 bits per heavy atom. The lowest BCUT2D eigenvalue weighted by atomic mass is 9.90. The second-order valence-electron chi connectivity index (χ2n) is 8.95. The van der Waals surface area contributed by atoms with Gasteiger partial charge < -0.3 is 29.2 Å². The van der Waals surface area contributed by atoms with Crippen LogP contribution in [0.3, 0.4) is 0 Å². The van der Waals surface area contributed by atoms with Gasteiger partial charge in [-0.1, -0.05) is 6.07 Å². The Bertz CT molecular complexity index is 972. The molecule has 2 N–H and O–H groups in total. The van der Waals surface area contributed by atoms with E-state index in [2.05, 4.69) is 0 Å². The smallest absolute Gasteiger partial charge is 0.317 e. The van der Waals surface area contributed by atoms with Crippen LogP contribution in [0.5, 0.6) is 34.5 Å². The monoisotopic (exact) mass is 446 g/mol. The highest BCUT2D eigenvalue weighted by Crippen LogP contribution is 2.38. The highest BCUT2D eigenvalue weighted by Gasteiger charge is 2.31. The fraction of sp³-hybridized carbons (Fsp3) is 0.417. The summed E-state index contributed by atoms with van der Waals surface area (Å²) in [6, 6.07) is 8.89. The zero-order chi connectivity index (χ0) is 24.1. The number of rotatable bonds is 8. The van der Waals surface area contributed by atoms with Gasteiger partial charge in [0.1, 0.15) is 5.75 Å². The van der Waals surface area contributed by atoms with Crippen molar-refractivity contribution in [1.29, 1.82) is 0 Å². The first-order valence-corrected chi connectivity index (χ1v) is 10.1. The van der Waals surface area contributed by atoms with Crippen molar-refractivity contribution in [3.63, 3.8) is 0 Å². The Hall–Kier alpha value is -3.42. The molecule has 8 nitrogen and oxygen atoms in total. The molecule has 0 unspecified atom stereocenters. The molecule has 0 amide bonds. The van der Waals surface area contributed by atoms with Crippen LogP contribution in [-0.4, -0.2) is 35.9 Å². The Labute approximate surface area is 187 Å². The van der Waals surface area contributed by atoms with Gasteiger partial charge in [-0.05, 0) is 65.3 Å².